The summed E-state index contributed by atoms with van der Waals surface area (Å²) < 4.78 is 0. The summed E-state index contributed by atoms with van der Waals surface area (Å²) in [7, 11) is 0. The van der Waals surface area contributed by atoms with Crippen LogP contribution in [-0.2, 0) is 0 Å². The van der Waals surface area contributed by atoms with E-state index in [-0.39, 0.29) is 0 Å². The first kappa shape index (κ1) is 10.0. The molecule has 0 aromatic heterocycles. The molecule has 0 amide bonds. The van der Waals surface area contributed by atoms with Gasteiger partial charge in [-0.15, -0.1) is 0 Å². The van der Waals surface area contributed by atoms with Gasteiger partial charge in [-0.1, -0.05) is 45.4 Å². The minimum absolute atomic E-state index is 0.502. The van der Waals surface area contributed by atoms with Gasteiger partial charge in [-0.3, -0.25) is 0 Å². The lowest BCUT2D eigenvalue weighted by atomic mass is 9.80. The molecule has 1 aliphatic carbocycles. The van der Waals surface area contributed by atoms with Gasteiger partial charge in [-0.2, -0.15) is 0 Å². The third kappa shape index (κ3) is 3.57. The van der Waals surface area contributed by atoms with Gasteiger partial charge in [0.05, 0.1) is 0 Å². The average molecular weight is 169 g/mol. The number of hydrogen-bond donors (Lipinski definition) is 1. The zero-order valence-electron chi connectivity index (χ0n) is 8.39. The Morgan fingerprint density at radius 3 is 2.58 bits per heavy atom. The van der Waals surface area contributed by atoms with Crippen LogP contribution in [0.4, 0.5) is 0 Å². The fourth-order valence-corrected chi connectivity index (χ4v) is 1.93. The van der Waals surface area contributed by atoms with Gasteiger partial charge in [0, 0.05) is 6.04 Å². The van der Waals surface area contributed by atoms with Crippen molar-refractivity contribution in [3.8, 4) is 0 Å². The van der Waals surface area contributed by atoms with E-state index in [1.165, 1.54) is 51.4 Å². The molecule has 0 aliphatic heterocycles. The molecule has 1 atom stereocenters. The van der Waals surface area contributed by atoms with E-state index in [4.69, 9.17) is 5.73 Å². The molecule has 2 N–H and O–H groups in total. The smallest absolute Gasteiger partial charge is 0.00414 e. The van der Waals surface area contributed by atoms with Crippen molar-refractivity contribution >= 4 is 0 Å². The van der Waals surface area contributed by atoms with Crippen molar-refractivity contribution in [2.24, 2.45) is 11.7 Å². The van der Waals surface area contributed by atoms with E-state index in [2.05, 4.69) is 6.92 Å². The minimum Gasteiger partial charge on any atom is -0.328 e. The molecule has 1 aliphatic rings. The number of unbranched alkanes of at least 4 members (excludes halogenated alkanes) is 2. The van der Waals surface area contributed by atoms with Crippen LogP contribution in [-0.4, -0.2) is 6.04 Å². The standard InChI is InChI=1S/C11H23N/c1-2-3-4-8-11(12)9-10-6-5-7-10/h10-11H,2-9,12H2,1H3. The van der Waals surface area contributed by atoms with Crippen molar-refractivity contribution in [2.75, 3.05) is 0 Å². The molecule has 0 heterocycles. The predicted octanol–water partition coefficient (Wildman–Crippen LogP) is 3.08. The molecular weight excluding hydrogens is 146 g/mol. The molecule has 0 saturated heterocycles. The third-order valence-corrected chi connectivity index (χ3v) is 3.04. The third-order valence-electron chi connectivity index (χ3n) is 3.04. The number of nitrogens with two attached hydrogens (primary N) is 1. The summed E-state index contributed by atoms with van der Waals surface area (Å²) in [6.45, 7) is 2.25. The first-order chi connectivity index (χ1) is 5.83. The monoisotopic (exact) mass is 169 g/mol. The number of hydrogen-bond acceptors (Lipinski definition) is 1. The average Bonchev–Trinajstić information content (AvgIpc) is 1.98. The molecule has 1 saturated carbocycles. The normalized spacial score (nSPS) is 20.5. The Morgan fingerprint density at radius 2 is 2.08 bits per heavy atom. The van der Waals surface area contributed by atoms with Crippen LogP contribution in [0.5, 0.6) is 0 Å². The summed E-state index contributed by atoms with van der Waals surface area (Å²) in [6, 6.07) is 0.502. The fourth-order valence-electron chi connectivity index (χ4n) is 1.93. The zero-order chi connectivity index (χ0) is 8.81. The van der Waals surface area contributed by atoms with Crippen LogP contribution >= 0.6 is 0 Å². The van der Waals surface area contributed by atoms with Crippen molar-refractivity contribution in [1.82, 2.24) is 0 Å². The molecule has 1 rings (SSSR count). The summed E-state index contributed by atoms with van der Waals surface area (Å²) in [5, 5.41) is 0. The first-order valence-electron chi connectivity index (χ1n) is 5.58. The van der Waals surface area contributed by atoms with Crippen molar-refractivity contribution in [3.05, 3.63) is 0 Å². The van der Waals surface area contributed by atoms with E-state index in [1.807, 2.05) is 0 Å². The molecule has 0 radical (unpaired) electrons. The highest BCUT2D eigenvalue weighted by molar-refractivity contribution is 4.74. The first-order valence-corrected chi connectivity index (χ1v) is 5.58. The van der Waals surface area contributed by atoms with Gasteiger partial charge in [0.2, 0.25) is 0 Å². The van der Waals surface area contributed by atoms with E-state index in [9.17, 15) is 0 Å². The Hall–Kier alpha value is -0.0400. The molecule has 1 heteroatoms. The molecule has 0 spiro atoms. The van der Waals surface area contributed by atoms with E-state index in [1.54, 1.807) is 0 Å². The van der Waals surface area contributed by atoms with Gasteiger partial charge in [0.25, 0.3) is 0 Å². The molecule has 72 valence electrons. The zero-order valence-corrected chi connectivity index (χ0v) is 8.39. The van der Waals surface area contributed by atoms with Crippen LogP contribution in [0.25, 0.3) is 0 Å². The van der Waals surface area contributed by atoms with Gasteiger partial charge in [-0.25, -0.2) is 0 Å². The fraction of sp³-hybridized carbons (Fsp3) is 1.00. The lowest BCUT2D eigenvalue weighted by molar-refractivity contribution is 0.270. The molecule has 0 aromatic carbocycles. The summed E-state index contributed by atoms with van der Waals surface area (Å²) in [6.07, 6.45) is 10.9. The largest absolute Gasteiger partial charge is 0.328 e. The van der Waals surface area contributed by atoms with Gasteiger partial charge in [0.1, 0.15) is 0 Å². The Morgan fingerprint density at radius 1 is 1.33 bits per heavy atom. The van der Waals surface area contributed by atoms with Gasteiger partial charge >= 0.3 is 0 Å². The maximum atomic E-state index is 6.02. The Balaban J connectivity index is 1.91. The molecular formula is C11H23N. The maximum absolute atomic E-state index is 6.02. The van der Waals surface area contributed by atoms with Crippen LogP contribution in [0.15, 0.2) is 0 Å². The second kappa shape index (κ2) is 5.58. The van der Waals surface area contributed by atoms with Crippen LogP contribution in [0.1, 0.15) is 58.3 Å². The van der Waals surface area contributed by atoms with Crippen LogP contribution in [0.2, 0.25) is 0 Å². The Kier molecular flexibility index (Phi) is 4.67. The second-order valence-corrected chi connectivity index (χ2v) is 4.29. The molecule has 1 nitrogen and oxygen atoms in total. The highest BCUT2D eigenvalue weighted by Gasteiger charge is 2.19. The summed E-state index contributed by atoms with van der Waals surface area (Å²) in [4.78, 5) is 0. The van der Waals surface area contributed by atoms with Gasteiger partial charge in [0.15, 0.2) is 0 Å². The molecule has 1 fully saturated rings. The summed E-state index contributed by atoms with van der Waals surface area (Å²) in [5.74, 6) is 0.988. The Bertz CT molecular complexity index is 108. The Labute approximate surface area is 76.7 Å². The number of rotatable bonds is 6. The maximum Gasteiger partial charge on any atom is 0.00414 e. The van der Waals surface area contributed by atoms with Gasteiger partial charge < -0.3 is 5.73 Å². The van der Waals surface area contributed by atoms with Crippen LogP contribution in [0.3, 0.4) is 0 Å². The van der Waals surface area contributed by atoms with Crippen molar-refractivity contribution in [3.63, 3.8) is 0 Å². The lowest BCUT2D eigenvalue weighted by Gasteiger charge is -2.28. The summed E-state index contributed by atoms with van der Waals surface area (Å²) >= 11 is 0. The van der Waals surface area contributed by atoms with E-state index >= 15 is 0 Å². The van der Waals surface area contributed by atoms with E-state index < -0.39 is 0 Å². The lowest BCUT2D eigenvalue weighted by Crippen LogP contribution is -2.26. The molecule has 1 unspecified atom stereocenters. The predicted molar refractivity (Wildman–Crippen MR) is 54.1 cm³/mol. The van der Waals surface area contributed by atoms with E-state index in [0.717, 1.165) is 5.92 Å². The van der Waals surface area contributed by atoms with E-state index in [0.29, 0.717) is 6.04 Å². The van der Waals surface area contributed by atoms with Crippen molar-refractivity contribution in [2.45, 2.75) is 64.3 Å². The SMILES string of the molecule is CCCCCC(N)CC1CCC1. The molecule has 0 aromatic rings. The molecule has 0 bridgehead atoms. The highest BCUT2D eigenvalue weighted by Crippen LogP contribution is 2.30. The van der Waals surface area contributed by atoms with Crippen LogP contribution in [0, 0.1) is 5.92 Å². The van der Waals surface area contributed by atoms with Crippen molar-refractivity contribution in [1.29, 1.82) is 0 Å². The summed E-state index contributed by atoms with van der Waals surface area (Å²) in [5.41, 5.74) is 6.02. The van der Waals surface area contributed by atoms with Gasteiger partial charge in [-0.05, 0) is 18.8 Å². The van der Waals surface area contributed by atoms with Crippen molar-refractivity contribution < 1.29 is 0 Å². The second-order valence-electron chi connectivity index (χ2n) is 4.29. The molecule has 12 heavy (non-hydrogen) atoms. The van der Waals surface area contributed by atoms with Crippen LogP contribution < -0.4 is 5.73 Å². The topological polar surface area (TPSA) is 26.0 Å². The minimum atomic E-state index is 0.502. The quantitative estimate of drug-likeness (QED) is 0.607. The highest BCUT2D eigenvalue weighted by atomic mass is 14.6.